The molecule has 2 amide bonds. The molecule has 0 fully saturated rings. The summed E-state index contributed by atoms with van der Waals surface area (Å²) in [5.74, 6) is 0.492. The van der Waals surface area contributed by atoms with Gasteiger partial charge in [-0.05, 0) is 19.1 Å². The lowest BCUT2D eigenvalue weighted by atomic mass is 10.3. The molecular weight excluding hydrogens is 192 g/mol. The summed E-state index contributed by atoms with van der Waals surface area (Å²) in [4.78, 5) is 19.8. The Balaban J connectivity index is 2.47. The van der Waals surface area contributed by atoms with Crippen LogP contribution in [0.4, 0.5) is 10.7 Å². The van der Waals surface area contributed by atoms with Crippen LogP contribution >= 0.6 is 0 Å². The van der Waals surface area contributed by atoms with E-state index in [0.717, 1.165) is 11.0 Å². The maximum Gasteiger partial charge on any atom is 0.321 e. The Morgan fingerprint density at radius 3 is 2.87 bits per heavy atom. The molecule has 0 spiro atoms. The molecule has 0 unspecified atom stereocenters. The maximum absolute atomic E-state index is 11.1. The Kier molecular flexibility index (Phi) is 2.29. The van der Waals surface area contributed by atoms with Crippen LogP contribution in [-0.2, 0) is 0 Å². The van der Waals surface area contributed by atoms with Gasteiger partial charge in [0, 0.05) is 6.54 Å². The number of anilines is 1. The van der Waals surface area contributed by atoms with Gasteiger partial charge in [-0.2, -0.15) is 0 Å². The average Bonchev–Trinajstić information content (AvgIpc) is 2.61. The van der Waals surface area contributed by atoms with Crippen molar-refractivity contribution in [3.63, 3.8) is 0 Å². The van der Waals surface area contributed by atoms with E-state index in [-0.39, 0.29) is 0 Å². The zero-order valence-corrected chi connectivity index (χ0v) is 8.40. The van der Waals surface area contributed by atoms with Crippen LogP contribution in [0.15, 0.2) is 24.3 Å². The molecule has 5 nitrogen and oxygen atoms in total. The highest BCUT2D eigenvalue weighted by atomic mass is 16.2. The molecule has 2 rings (SSSR count). The zero-order chi connectivity index (χ0) is 10.8. The van der Waals surface area contributed by atoms with E-state index >= 15 is 0 Å². The van der Waals surface area contributed by atoms with Gasteiger partial charge in [-0.15, -0.1) is 0 Å². The molecule has 0 bridgehead atoms. The number of aromatic amines is 1. The molecule has 1 heterocycles. The van der Waals surface area contributed by atoms with Crippen molar-refractivity contribution in [2.45, 2.75) is 6.92 Å². The molecule has 0 saturated heterocycles. The number of rotatable bonds is 2. The molecular formula is C10H12N4O. The monoisotopic (exact) mass is 204 g/mol. The van der Waals surface area contributed by atoms with Crippen molar-refractivity contribution in [3.05, 3.63) is 24.3 Å². The molecule has 3 N–H and O–H groups in total. The number of urea groups is 1. The molecule has 78 valence electrons. The first kappa shape index (κ1) is 9.51. The van der Waals surface area contributed by atoms with Gasteiger partial charge in [-0.3, -0.25) is 4.90 Å². The maximum atomic E-state index is 11.1. The van der Waals surface area contributed by atoms with Gasteiger partial charge in [0.2, 0.25) is 5.95 Å². The number of para-hydroxylation sites is 2. The summed E-state index contributed by atoms with van der Waals surface area (Å²) in [6, 6.07) is 7.08. The van der Waals surface area contributed by atoms with Crippen molar-refractivity contribution in [1.29, 1.82) is 0 Å². The highest BCUT2D eigenvalue weighted by Crippen LogP contribution is 2.16. The lowest BCUT2D eigenvalue weighted by Gasteiger charge is -2.13. The summed E-state index contributed by atoms with van der Waals surface area (Å²) >= 11 is 0. The predicted octanol–water partition coefficient (Wildman–Crippen LogP) is 1.47. The minimum absolute atomic E-state index is 0.492. The molecule has 0 aliphatic carbocycles. The molecule has 1 aromatic heterocycles. The molecule has 0 aliphatic heterocycles. The Hall–Kier alpha value is -2.04. The van der Waals surface area contributed by atoms with Gasteiger partial charge in [-0.1, -0.05) is 12.1 Å². The second-order valence-electron chi connectivity index (χ2n) is 3.16. The Labute approximate surface area is 86.9 Å². The summed E-state index contributed by atoms with van der Waals surface area (Å²) in [7, 11) is 0. The van der Waals surface area contributed by atoms with E-state index in [0.29, 0.717) is 12.5 Å². The fourth-order valence-corrected chi connectivity index (χ4v) is 1.48. The molecule has 5 heteroatoms. The lowest BCUT2D eigenvalue weighted by Crippen LogP contribution is -2.36. The van der Waals surface area contributed by atoms with Crippen LogP contribution in [0.1, 0.15) is 6.92 Å². The van der Waals surface area contributed by atoms with Crippen LogP contribution in [-0.4, -0.2) is 22.5 Å². The van der Waals surface area contributed by atoms with Gasteiger partial charge in [0.15, 0.2) is 0 Å². The van der Waals surface area contributed by atoms with E-state index in [2.05, 4.69) is 9.97 Å². The topological polar surface area (TPSA) is 75.0 Å². The Bertz CT molecular complexity index is 458. The highest BCUT2D eigenvalue weighted by molar-refractivity contribution is 5.90. The van der Waals surface area contributed by atoms with Crippen molar-refractivity contribution in [2.24, 2.45) is 5.73 Å². The van der Waals surface area contributed by atoms with Gasteiger partial charge >= 0.3 is 6.03 Å². The normalized spacial score (nSPS) is 10.5. The first-order valence-electron chi connectivity index (χ1n) is 4.74. The Morgan fingerprint density at radius 1 is 1.53 bits per heavy atom. The molecule has 2 aromatic rings. The summed E-state index contributed by atoms with van der Waals surface area (Å²) < 4.78 is 0. The van der Waals surface area contributed by atoms with E-state index in [4.69, 9.17) is 5.73 Å². The number of nitrogens with one attached hydrogen (secondary N) is 1. The first-order chi connectivity index (χ1) is 7.22. The van der Waals surface area contributed by atoms with Crippen molar-refractivity contribution in [3.8, 4) is 0 Å². The van der Waals surface area contributed by atoms with E-state index in [1.807, 2.05) is 31.2 Å². The number of hydrogen-bond donors (Lipinski definition) is 2. The largest absolute Gasteiger partial charge is 0.351 e. The van der Waals surface area contributed by atoms with E-state index < -0.39 is 6.03 Å². The third-order valence-corrected chi connectivity index (χ3v) is 2.21. The number of carbonyl (C=O) groups is 1. The average molecular weight is 204 g/mol. The van der Waals surface area contributed by atoms with Crippen LogP contribution in [0, 0.1) is 0 Å². The molecule has 0 radical (unpaired) electrons. The Morgan fingerprint density at radius 2 is 2.27 bits per heavy atom. The van der Waals surface area contributed by atoms with Crippen LogP contribution in [0.2, 0.25) is 0 Å². The number of H-pyrrole nitrogens is 1. The lowest BCUT2D eigenvalue weighted by molar-refractivity contribution is 0.254. The SMILES string of the molecule is CCN(C(N)=O)c1nc2ccccc2[nH]1. The fraction of sp³-hybridized carbons (Fsp3) is 0.200. The molecule has 0 saturated carbocycles. The third-order valence-electron chi connectivity index (χ3n) is 2.21. The number of nitrogens with zero attached hydrogens (tertiary/aromatic N) is 2. The van der Waals surface area contributed by atoms with Crippen molar-refractivity contribution in [2.75, 3.05) is 11.4 Å². The minimum atomic E-state index is -0.503. The molecule has 1 aromatic carbocycles. The van der Waals surface area contributed by atoms with Gasteiger partial charge in [0.25, 0.3) is 0 Å². The summed E-state index contributed by atoms with van der Waals surface area (Å²) in [6.07, 6.45) is 0. The van der Waals surface area contributed by atoms with Crippen LogP contribution in [0.3, 0.4) is 0 Å². The van der Waals surface area contributed by atoms with Gasteiger partial charge in [-0.25, -0.2) is 9.78 Å². The van der Waals surface area contributed by atoms with Gasteiger partial charge < -0.3 is 10.7 Å². The number of fused-ring (bicyclic) bond motifs is 1. The van der Waals surface area contributed by atoms with Gasteiger partial charge in [0.1, 0.15) is 0 Å². The number of nitrogens with two attached hydrogens (primary N) is 1. The second-order valence-corrected chi connectivity index (χ2v) is 3.16. The van der Waals surface area contributed by atoms with Gasteiger partial charge in [0.05, 0.1) is 11.0 Å². The predicted molar refractivity (Wildman–Crippen MR) is 58.7 cm³/mol. The third kappa shape index (κ3) is 1.63. The van der Waals surface area contributed by atoms with E-state index in [9.17, 15) is 4.79 Å². The number of primary amides is 1. The zero-order valence-electron chi connectivity index (χ0n) is 8.40. The fourth-order valence-electron chi connectivity index (χ4n) is 1.48. The summed E-state index contributed by atoms with van der Waals surface area (Å²) in [5, 5.41) is 0. The molecule has 15 heavy (non-hydrogen) atoms. The van der Waals surface area contributed by atoms with Crippen LogP contribution < -0.4 is 10.6 Å². The number of carbonyl (C=O) groups excluding carboxylic acids is 1. The highest BCUT2D eigenvalue weighted by Gasteiger charge is 2.13. The number of amides is 2. The number of imidazole rings is 1. The number of aromatic nitrogens is 2. The standard InChI is InChI=1S/C10H12N4O/c1-2-14(9(11)15)10-12-7-5-3-4-6-8(7)13-10/h3-6H,2H2,1H3,(H2,11,15)(H,12,13). The van der Waals surface area contributed by atoms with E-state index in [1.54, 1.807) is 0 Å². The quantitative estimate of drug-likeness (QED) is 0.777. The molecule has 0 atom stereocenters. The van der Waals surface area contributed by atoms with Crippen molar-refractivity contribution >= 4 is 23.0 Å². The van der Waals surface area contributed by atoms with E-state index in [1.165, 1.54) is 4.90 Å². The smallest absolute Gasteiger partial charge is 0.321 e. The number of hydrogen-bond acceptors (Lipinski definition) is 2. The van der Waals surface area contributed by atoms with Crippen LogP contribution in [0.5, 0.6) is 0 Å². The van der Waals surface area contributed by atoms with Crippen LogP contribution in [0.25, 0.3) is 11.0 Å². The minimum Gasteiger partial charge on any atom is -0.351 e. The first-order valence-corrected chi connectivity index (χ1v) is 4.74. The molecule has 0 aliphatic rings. The second kappa shape index (κ2) is 3.61. The summed E-state index contributed by atoms with van der Waals surface area (Å²) in [6.45, 7) is 2.34. The number of benzene rings is 1. The van der Waals surface area contributed by atoms with Crippen molar-refractivity contribution in [1.82, 2.24) is 9.97 Å². The summed E-state index contributed by atoms with van der Waals surface area (Å²) in [5.41, 5.74) is 6.95. The van der Waals surface area contributed by atoms with Crippen molar-refractivity contribution < 1.29 is 4.79 Å².